The second-order valence-electron chi connectivity index (χ2n) is 8.47. The summed E-state index contributed by atoms with van der Waals surface area (Å²) in [5, 5.41) is 0. The number of hydrogen-bond donors (Lipinski definition) is 0. The molecule has 0 N–H and O–H groups in total. The van der Waals surface area contributed by atoms with E-state index in [4.69, 9.17) is 0 Å². The molecule has 0 aromatic carbocycles. The molecule has 0 heteroatoms. The van der Waals surface area contributed by atoms with E-state index in [1.165, 1.54) is 24.0 Å². The zero-order chi connectivity index (χ0) is 15.4. The van der Waals surface area contributed by atoms with Crippen molar-refractivity contribution in [2.24, 2.45) is 22.7 Å². The van der Waals surface area contributed by atoms with Crippen molar-refractivity contribution < 1.29 is 0 Å². The van der Waals surface area contributed by atoms with E-state index in [0.717, 1.165) is 6.42 Å². The summed E-state index contributed by atoms with van der Waals surface area (Å²) >= 11 is 0. The third-order valence-corrected chi connectivity index (χ3v) is 4.05. The van der Waals surface area contributed by atoms with Crippen LogP contribution >= 0.6 is 0 Å². The van der Waals surface area contributed by atoms with Gasteiger partial charge in [0.05, 0.1) is 0 Å². The molecule has 0 spiro atoms. The number of allylic oxidation sites excluding steroid dienone is 2. The Kier molecular flexibility index (Phi) is 6.59. The van der Waals surface area contributed by atoms with Crippen molar-refractivity contribution in [3.8, 4) is 0 Å². The van der Waals surface area contributed by atoms with E-state index in [2.05, 4.69) is 68.5 Å². The zero-order valence-electron chi connectivity index (χ0n) is 14.7. The Morgan fingerprint density at radius 3 is 1.74 bits per heavy atom. The largest absolute Gasteiger partial charge is 0.0998 e. The van der Waals surface area contributed by atoms with Gasteiger partial charge in [0.2, 0.25) is 0 Å². The Hall–Kier alpha value is -0.520. The highest BCUT2D eigenvalue weighted by atomic mass is 14.4. The van der Waals surface area contributed by atoms with E-state index < -0.39 is 0 Å². The average molecular weight is 264 g/mol. The molecule has 2 unspecified atom stereocenters. The SMILES string of the molecule is C=C(CC)C(CC(C(=C)C)C(C)(C)C)CC(C)(C)C. The molecule has 0 saturated heterocycles. The Balaban J connectivity index is 5.08. The van der Waals surface area contributed by atoms with Crippen LogP contribution in [0.4, 0.5) is 0 Å². The molecule has 0 aliphatic carbocycles. The standard InChI is InChI=1S/C19H36/c1-11-15(4)16(13-18(5,6)7)12-17(14(2)3)19(8,9)10/h16-17H,2,4,11-13H2,1,3,5-10H3. The summed E-state index contributed by atoms with van der Waals surface area (Å²) in [6.45, 7) is 26.9. The normalized spacial score (nSPS) is 16.0. The zero-order valence-corrected chi connectivity index (χ0v) is 14.7. The Bertz CT molecular complexity index is 306. The van der Waals surface area contributed by atoms with E-state index in [0.29, 0.717) is 17.3 Å². The van der Waals surface area contributed by atoms with Crippen molar-refractivity contribution in [3.05, 3.63) is 24.3 Å². The molecule has 2 atom stereocenters. The molecule has 0 heterocycles. The first-order chi connectivity index (χ1) is 8.38. The first kappa shape index (κ1) is 18.5. The van der Waals surface area contributed by atoms with E-state index in [1.54, 1.807) is 0 Å². The van der Waals surface area contributed by atoms with Crippen molar-refractivity contribution in [2.45, 2.75) is 74.7 Å². The molecule has 0 aliphatic heterocycles. The lowest BCUT2D eigenvalue weighted by Gasteiger charge is -2.37. The van der Waals surface area contributed by atoms with E-state index in [-0.39, 0.29) is 5.41 Å². The molecule has 0 radical (unpaired) electrons. The average Bonchev–Trinajstić information content (AvgIpc) is 2.18. The first-order valence-electron chi connectivity index (χ1n) is 7.71. The van der Waals surface area contributed by atoms with E-state index in [9.17, 15) is 0 Å². The van der Waals surface area contributed by atoms with Crippen LogP contribution in [-0.4, -0.2) is 0 Å². The second-order valence-corrected chi connectivity index (χ2v) is 8.47. The van der Waals surface area contributed by atoms with Gasteiger partial charge in [-0.25, -0.2) is 0 Å². The van der Waals surface area contributed by atoms with Crippen LogP contribution in [0.1, 0.15) is 74.7 Å². The van der Waals surface area contributed by atoms with Crippen molar-refractivity contribution >= 4 is 0 Å². The highest BCUT2D eigenvalue weighted by Crippen LogP contribution is 2.41. The summed E-state index contributed by atoms with van der Waals surface area (Å²) < 4.78 is 0. The molecule has 0 rings (SSSR count). The summed E-state index contributed by atoms with van der Waals surface area (Å²) in [4.78, 5) is 0. The van der Waals surface area contributed by atoms with E-state index in [1.807, 2.05) is 0 Å². The van der Waals surface area contributed by atoms with Crippen LogP contribution in [0.5, 0.6) is 0 Å². The van der Waals surface area contributed by atoms with Gasteiger partial charge in [0.1, 0.15) is 0 Å². The minimum atomic E-state index is 0.288. The van der Waals surface area contributed by atoms with Crippen molar-refractivity contribution in [1.82, 2.24) is 0 Å². The second kappa shape index (κ2) is 6.77. The van der Waals surface area contributed by atoms with Crippen LogP contribution in [0.2, 0.25) is 0 Å². The van der Waals surface area contributed by atoms with Crippen molar-refractivity contribution in [2.75, 3.05) is 0 Å². The highest BCUT2D eigenvalue weighted by Gasteiger charge is 2.30. The van der Waals surface area contributed by atoms with Gasteiger partial charge < -0.3 is 0 Å². The third-order valence-electron chi connectivity index (χ3n) is 4.05. The van der Waals surface area contributed by atoms with Crippen molar-refractivity contribution in [3.63, 3.8) is 0 Å². The van der Waals surface area contributed by atoms with Gasteiger partial charge in [0.25, 0.3) is 0 Å². The summed E-state index contributed by atoms with van der Waals surface area (Å²) in [7, 11) is 0. The molecule has 0 aromatic heterocycles. The molecule has 0 amide bonds. The summed E-state index contributed by atoms with van der Waals surface area (Å²) in [6.07, 6.45) is 3.51. The number of rotatable bonds is 6. The smallest absolute Gasteiger partial charge is 0.0154 e. The maximum Gasteiger partial charge on any atom is -0.0154 e. The lowest BCUT2D eigenvalue weighted by molar-refractivity contribution is 0.210. The molecule has 0 saturated carbocycles. The topological polar surface area (TPSA) is 0 Å². The van der Waals surface area contributed by atoms with Crippen LogP contribution in [-0.2, 0) is 0 Å². The maximum atomic E-state index is 4.32. The lowest BCUT2D eigenvalue weighted by Crippen LogP contribution is -2.26. The fourth-order valence-corrected chi connectivity index (χ4v) is 3.00. The predicted octanol–water partition coefficient (Wildman–Crippen LogP) is 6.63. The third kappa shape index (κ3) is 6.99. The minimum Gasteiger partial charge on any atom is -0.0998 e. The van der Waals surface area contributed by atoms with Gasteiger partial charge in [-0.2, -0.15) is 0 Å². The molecule has 0 bridgehead atoms. The fraction of sp³-hybridized carbons (Fsp3) is 0.789. The van der Waals surface area contributed by atoms with Crippen molar-refractivity contribution in [1.29, 1.82) is 0 Å². The predicted molar refractivity (Wildman–Crippen MR) is 89.4 cm³/mol. The number of hydrogen-bond acceptors (Lipinski definition) is 0. The molecular weight excluding hydrogens is 228 g/mol. The van der Waals surface area contributed by atoms with Crippen LogP contribution in [0.3, 0.4) is 0 Å². The quantitative estimate of drug-likeness (QED) is 0.472. The van der Waals surface area contributed by atoms with Gasteiger partial charge in [-0.05, 0) is 48.9 Å². The van der Waals surface area contributed by atoms with Gasteiger partial charge in [-0.3, -0.25) is 0 Å². The summed E-state index contributed by atoms with van der Waals surface area (Å²) in [6, 6.07) is 0. The molecule has 0 aromatic rings. The monoisotopic (exact) mass is 264 g/mol. The first-order valence-corrected chi connectivity index (χ1v) is 7.71. The Labute approximate surface area is 122 Å². The lowest BCUT2D eigenvalue weighted by atomic mass is 9.68. The van der Waals surface area contributed by atoms with Crippen LogP contribution in [0.25, 0.3) is 0 Å². The highest BCUT2D eigenvalue weighted by molar-refractivity contribution is 5.08. The summed E-state index contributed by atoms with van der Waals surface area (Å²) in [5.41, 5.74) is 3.37. The van der Waals surface area contributed by atoms with Gasteiger partial charge in [0, 0.05) is 0 Å². The Morgan fingerprint density at radius 1 is 1.00 bits per heavy atom. The summed E-state index contributed by atoms with van der Waals surface area (Å²) in [5.74, 6) is 1.19. The molecule has 19 heavy (non-hydrogen) atoms. The van der Waals surface area contributed by atoms with Gasteiger partial charge in [0.15, 0.2) is 0 Å². The minimum absolute atomic E-state index is 0.288. The fourth-order valence-electron chi connectivity index (χ4n) is 3.00. The Morgan fingerprint density at radius 2 is 1.47 bits per heavy atom. The van der Waals surface area contributed by atoms with Gasteiger partial charge in [-0.1, -0.05) is 72.8 Å². The van der Waals surface area contributed by atoms with Gasteiger partial charge in [-0.15, -0.1) is 0 Å². The maximum absolute atomic E-state index is 4.32. The molecule has 0 nitrogen and oxygen atoms in total. The molecule has 0 aliphatic rings. The van der Waals surface area contributed by atoms with E-state index >= 15 is 0 Å². The molecule has 0 fully saturated rings. The molecular formula is C19H36. The van der Waals surface area contributed by atoms with Crippen LogP contribution in [0.15, 0.2) is 24.3 Å². The van der Waals surface area contributed by atoms with Crippen LogP contribution in [0, 0.1) is 22.7 Å². The van der Waals surface area contributed by atoms with Gasteiger partial charge >= 0.3 is 0 Å². The van der Waals surface area contributed by atoms with Crippen LogP contribution < -0.4 is 0 Å². The molecule has 112 valence electrons.